The number of esters is 1. The Morgan fingerprint density at radius 2 is 0.962 bits per heavy atom. The molecule has 0 aliphatic carbocycles. The number of carbonyl (C=O) groups is 1. The minimum absolute atomic E-state index is 0.0386. The monoisotopic (exact) mass is 760 g/mol. The second-order valence-corrected chi connectivity index (χ2v) is 16.4. The molecule has 0 spiro atoms. The third-order valence-electron chi connectivity index (χ3n) is 9.78. The highest BCUT2D eigenvalue weighted by Gasteiger charge is 2.25. The van der Waals surface area contributed by atoms with E-state index >= 15 is 0 Å². The molecule has 0 aromatic carbocycles. The van der Waals surface area contributed by atoms with Crippen LogP contribution in [0.1, 0.15) is 226 Å². The van der Waals surface area contributed by atoms with Gasteiger partial charge in [0.25, 0.3) is 0 Å². The Bertz CT molecular complexity index is 812. The molecule has 310 valence electrons. The molecule has 1 unspecified atom stereocenters. The van der Waals surface area contributed by atoms with E-state index < -0.39 is 13.9 Å². The van der Waals surface area contributed by atoms with Gasteiger partial charge in [0.15, 0.2) is 6.10 Å². The number of rotatable bonds is 43. The summed E-state index contributed by atoms with van der Waals surface area (Å²) in [5, 5.41) is 0. The van der Waals surface area contributed by atoms with Crippen LogP contribution in [0.25, 0.3) is 0 Å². The molecule has 0 aromatic rings. The lowest BCUT2D eigenvalue weighted by Crippen LogP contribution is -2.27. The van der Waals surface area contributed by atoms with Crippen molar-refractivity contribution >= 4 is 13.8 Å². The molecule has 3 N–H and O–H groups in total. The van der Waals surface area contributed by atoms with E-state index in [9.17, 15) is 14.3 Å². The minimum atomic E-state index is -4.29. The lowest BCUT2D eigenvalue weighted by Gasteiger charge is -2.19. The topological polar surface area (TPSA) is 117 Å². The van der Waals surface area contributed by atoms with Crippen LogP contribution in [-0.4, -0.2) is 43.3 Å². The molecule has 0 aliphatic heterocycles. The van der Waals surface area contributed by atoms with Crippen molar-refractivity contribution in [3.8, 4) is 0 Å². The van der Waals surface area contributed by atoms with Crippen LogP contribution in [0.3, 0.4) is 0 Å². The van der Waals surface area contributed by atoms with Crippen molar-refractivity contribution in [1.82, 2.24) is 0 Å². The summed E-state index contributed by atoms with van der Waals surface area (Å²) in [6, 6.07) is 0. The van der Waals surface area contributed by atoms with E-state index in [4.69, 9.17) is 24.3 Å². The van der Waals surface area contributed by atoms with Crippen molar-refractivity contribution < 1.29 is 32.8 Å². The first kappa shape index (κ1) is 51.1. The van der Waals surface area contributed by atoms with Crippen LogP contribution in [0.15, 0.2) is 12.3 Å². The van der Waals surface area contributed by atoms with Gasteiger partial charge < -0.3 is 20.1 Å². The van der Waals surface area contributed by atoms with Crippen LogP contribution in [0.2, 0.25) is 0 Å². The number of phosphoric ester groups is 1. The fraction of sp³-hybridized carbons (Fsp3) is 0.930. The van der Waals surface area contributed by atoms with Gasteiger partial charge in [0, 0.05) is 13.0 Å². The smallest absolute Gasteiger partial charge is 0.472 e. The van der Waals surface area contributed by atoms with Gasteiger partial charge in [0.2, 0.25) is 0 Å². The molecular formula is C43H86NO7P. The SMILES string of the molecule is CCCCCCCCCCCCCCCC/C=C\OC[C@H](COP(=O)(O)OCCN)OC(=O)CCCCCCCCCCCCCCCCCCC. The maximum atomic E-state index is 12.6. The van der Waals surface area contributed by atoms with Crippen LogP contribution in [0.5, 0.6) is 0 Å². The fourth-order valence-electron chi connectivity index (χ4n) is 6.49. The summed E-state index contributed by atoms with van der Waals surface area (Å²) in [7, 11) is -4.29. The Labute approximate surface area is 322 Å². The molecule has 0 heterocycles. The quantitative estimate of drug-likeness (QED) is 0.0273. The molecule has 9 heteroatoms. The third-order valence-corrected chi connectivity index (χ3v) is 10.8. The first-order chi connectivity index (χ1) is 25.4. The van der Waals surface area contributed by atoms with Crippen LogP contribution in [-0.2, 0) is 27.9 Å². The number of nitrogens with two attached hydrogens (primary N) is 1. The Kier molecular flexibility index (Phi) is 40.5. The number of hydrogen-bond acceptors (Lipinski definition) is 7. The van der Waals surface area contributed by atoms with Gasteiger partial charge in [0.1, 0.15) is 6.61 Å². The predicted molar refractivity (Wildman–Crippen MR) is 219 cm³/mol. The molecule has 0 fully saturated rings. The molecule has 0 amide bonds. The molecule has 0 radical (unpaired) electrons. The van der Waals surface area contributed by atoms with Gasteiger partial charge in [-0.05, 0) is 25.3 Å². The van der Waals surface area contributed by atoms with Crippen LogP contribution >= 0.6 is 7.82 Å². The van der Waals surface area contributed by atoms with Gasteiger partial charge in [-0.3, -0.25) is 13.8 Å². The molecule has 0 bridgehead atoms. The largest absolute Gasteiger partial charge is 0.498 e. The summed E-state index contributed by atoms with van der Waals surface area (Å²) in [5.41, 5.74) is 5.36. The molecule has 2 atom stereocenters. The van der Waals surface area contributed by atoms with Gasteiger partial charge in [-0.25, -0.2) is 4.57 Å². The highest BCUT2D eigenvalue weighted by Crippen LogP contribution is 2.43. The summed E-state index contributed by atoms with van der Waals surface area (Å²) < 4.78 is 33.2. The lowest BCUT2D eigenvalue weighted by atomic mass is 10.0. The Morgan fingerprint density at radius 1 is 0.577 bits per heavy atom. The first-order valence-corrected chi connectivity index (χ1v) is 23.7. The second kappa shape index (κ2) is 41.2. The Balaban J connectivity index is 4.02. The predicted octanol–water partition coefficient (Wildman–Crippen LogP) is 13.4. The average molecular weight is 760 g/mol. The standard InChI is InChI=1S/C43H86NO7P/c1-3-5-7-9-11-13-15-17-19-21-22-24-26-28-30-32-34-36-43(45)51-42(41-50-52(46,47)49-39-37-44)40-48-38-35-33-31-29-27-25-23-20-18-16-14-12-10-8-6-4-2/h35,38,42H,3-34,36-37,39-41,44H2,1-2H3,(H,46,47)/b38-35-/t42-/m1/s1. The van der Waals surface area contributed by atoms with E-state index in [-0.39, 0.29) is 32.3 Å². The molecule has 0 saturated carbocycles. The van der Waals surface area contributed by atoms with Crippen molar-refractivity contribution in [2.45, 2.75) is 232 Å². The zero-order chi connectivity index (χ0) is 38.1. The molecule has 0 aliphatic rings. The van der Waals surface area contributed by atoms with Crippen LogP contribution < -0.4 is 5.73 Å². The summed E-state index contributed by atoms with van der Waals surface area (Å²) in [5.74, 6) is -0.347. The third kappa shape index (κ3) is 40.3. The molecule has 52 heavy (non-hydrogen) atoms. The second-order valence-electron chi connectivity index (χ2n) is 15.0. The molecule has 8 nitrogen and oxygen atoms in total. The Morgan fingerprint density at radius 3 is 1.37 bits per heavy atom. The maximum Gasteiger partial charge on any atom is 0.472 e. The van der Waals surface area contributed by atoms with E-state index in [0.717, 1.165) is 32.1 Å². The van der Waals surface area contributed by atoms with Crippen molar-refractivity contribution in [2.75, 3.05) is 26.4 Å². The zero-order valence-corrected chi connectivity index (χ0v) is 35.2. The molecular weight excluding hydrogens is 673 g/mol. The highest BCUT2D eigenvalue weighted by atomic mass is 31.2. The van der Waals surface area contributed by atoms with Crippen molar-refractivity contribution in [3.63, 3.8) is 0 Å². The number of carbonyl (C=O) groups excluding carboxylic acids is 1. The first-order valence-electron chi connectivity index (χ1n) is 22.2. The number of ether oxygens (including phenoxy) is 2. The van der Waals surface area contributed by atoms with E-state index in [1.165, 1.54) is 173 Å². The zero-order valence-electron chi connectivity index (χ0n) is 34.3. The van der Waals surface area contributed by atoms with E-state index in [1.54, 1.807) is 6.26 Å². The highest BCUT2D eigenvalue weighted by molar-refractivity contribution is 7.47. The summed E-state index contributed by atoms with van der Waals surface area (Å²) in [6.07, 6.45) is 44.6. The number of phosphoric acid groups is 1. The lowest BCUT2D eigenvalue weighted by molar-refractivity contribution is -0.153. The van der Waals surface area contributed by atoms with E-state index in [2.05, 4.69) is 13.8 Å². The van der Waals surface area contributed by atoms with Crippen LogP contribution in [0, 0.1) is 0 Å². The van der Waals surface area contributed by atoms with Gasteiger partial charge in [-0.15, -0.1) is 0 Å². The van der Waals surface area contributed by atoms with Crippen molar-refractivity contribution in [2.24, 2.45) is 5.73 Å². The normalized spacial score (nSPS) is 13.5. The van der Waals surface area contributed by atoms with Crippen molar-refractivity contribution in [1.29, 1.82) is 0 Å². The average Bonchev–Trinajstić information content (AvgIpc) is 3.13. The molecule has 0 rings (SSSR count). The number of unbranched alkanes of at least 4 members (excludes halogenated alkanes) is 30. The summed E-state index contributed by atoms with van der Waals surface area (Å²) in [4.78, 5) is 22.5. The summed E-state index contributed by atoms with van der Waals surface area (Å²) in [6.45, 7) is 4.28. The number of hydrogen-bond donors (Lipinski definition) is 2. The van der Waals surface area contributed by atoms with E-state index in [0.29, 0.717) is 6.42 Å². The van der Waals surface area contributed by atoms with Gasteiger partial charge >= 0.3 is 13.8 Å². The summed E-state index contributed by atoms with van der Waals surface area (Å²) >= 11 is 0. The van der Waals surface area contributed by atoms with Gasteiger partial charge in [-0.1, -0.05) is 200 Å². The maximum absolute atomic E-state index is 12.6. The van der Waals surface area contributed by atoms with Crippen molar-refractivity contribution in [3.05, 3.63) is 12.3 Å². The number of allylic oxidation sites excluding steroid dienone is 1. The van der Waals surface area contributed by atoms with Crippen LogP contribution in [0.4, 0.5) is 0 Å². The fourth-order valence-corrected chi connectivity index (χ4v) is 7.26. The molecule has 0 saturated heterocycles. The van der Waals surface area contributed by atoms with Gasteiger partial charge in [-0.2, -0.15) is 0 Å². The Hall–Kier alpha value is -0.920. The minimum Gasteiger partial charge on any atom is -0.498 e. The molecule has 0 aromatic heterocycles. The van der Waals surface area contributed by atoms with Gasteiger partial charge in [0.05, 0.1) is 19.5 Å². The van der Waals surface area contributed by atoms with E-state index in [1.807, 2.05) is 6.08 Å².